The molecule has 1 aromatic heterocycles. The lowest BCUT2D eigenvalue weighted by Crippen LogP contribution is -2.50. The van der Waals surface area contributed by atoms with E-state index in [0.29, 0.717) is 44.7 Å². The summed E-state index contributed by atoms with van der Waals surface area (Å²) in [5.74, 6) is 0.765. The lowest BCUT2D eigenvalue weighted by atomic mass is 10.1. The van der Waals surface area contributed by atoms with Crippen LogP contribution in [0.2, 0.25) is 0 Å². The summed E-state index contributed by atoms with van der Waals surface area (Å²) in [6.07, 6.45) is 5.58. The van der Waals surface area contributed by atoms with Gasteiger partial charge in [-0.15, -0.1) is 0 Å². The Hall–Kier alpha value is -2.96. The smallest absolute Gasteiger partial charge is 0.274 e. The summed E-state index contributed by atoms with van der Waals surface area (Å²) < 4.78 is 5.33. The van der Waals surface area contributed by atoms with Crippen molar-refractivity contribution in [2.75, 3.05) is 33.3 Å². The fraction of sp³-hybridized carbons (Fsp3) is 0.368. The van der Waals surface area contributed by atoms with Gasteiger partial charge in [-0.2, -0.15) is 0 Å². The fourth-order valence-corrected chi connectivity index (χ4v) is 3.04. The molecule has 1 saturated heterocycles. The average Bonchev–Trinajstić information content (AvgIpc) is 2.72. The normalized spacial score (nSPS) is 14.2. The van der Waals surface area contributed by atoms with Gasteiger partial charge in [0.25, 0.3) is 5.91 Å². The Kier molecular flexibility index (Phi) is 5.78. The van der Waals surface area contributed by atoms with Gasteiger partial charge < -0.3 is 14.5 Å². The van der Waals surface area contributed by atoms with Crippen LogP contribution >= 0.6 is 0 Å². The number of hydrogen-bond acceptors (Lipinski definition) is 5. The van der Waals surface area contributed by atoms with Crippen molar-refractivity contribution < 1.29 is 14.3 Å². The molecule has 2 heterocycles. The lowest BCUT2D eigenvalue weighted by Gasteiger charge is -2.34. The highest BCUT2D eigenvalue weighted by molar-refractivity contribution is 5.92. The number of carbonyl (C=O) groups is 2. The molecule has 0 saturated carbocycles. The van der Waals surface area contributed by atoms with E-state index in [9.17, 15) is 9.59 Å². The second-order valence-corrected chi connectivity index (χ2v) is 6.08. The van der Waals surface area contributed by atoms with E-state index in [1.807, 2.05) is 29.2 Å². The summed E-state index contributed by atoms with van der Waals surface area (Å²) in [5.41, 5.74) is 1.36. The van der Waals surface area contributed by atoms with E-state index in [1.54, 1.807) is 12.0 Å². The fourth-order valence-electron chi connectivity index (χ4n) is 3.04. The molecule has 7 heteroatoms. The maximum atomic E-state index is 12.5. The predicted octanol–water partition coefficient (Wildman–Crippen LogP) is 1.40. The molecule has 0 atom stereocenters. The van der Waals surface area contributed by atoms with Gasteiger partial charge in [-0.1, -0.05) is 18.2 Å². The van der Waals surface area contributed by atoms with Crippen LogP contribution in [0.5, 0.6) is 5.75 Å². The van der Waals surface area contributed by atoms with E-state index in [2.05, 4.69) is 9.97 Å². The number of methoxy groups -OCH3 is 1. The first kappa shape index (κ1) is 17.8. The minimum Gasteiger partial charge on any atom is -0.496 e. The summed E-state index contributed by atoms with van der Waals surface area (Å²) in [4.78, 5) is 36.3. The molecule has 0 bridgehead atoms. The second-order valence-electron chi connectivity index (χ2n) is 6.08. The molecule has 136 valence electrons. The number of hydrogen-bond donors (Lipinski definition) is 0. The van der Waals surface area contributed by atoms with Gasteiger partial charge in [0.05, 0.1) is 13.3 Å². The van der Waals surface area contributed by atoms with Gasteiger partial charge in [-0.05, 0) is 18.1 Å². The molecular weight excluding hydrogens is 332 g/mol. The third-order valence-electron chi connectivity index (χ3n) is 4.50. The highest BCUT2D eigenvalue weighted by Gasteiger charge is 2.25. The SMILES string of the molecule is COc1ccccc1CCC(=O)N1CCN(C(=O)c2cnccn2)CC1. The molecule has 0 N–H and O–H groups in total. The van der Waals surface area contributed by atoms with Gasteiger partial charge in [0.1, 0.15) is 11.4 Å². The van der Waals surface area contributed by atoms with E-state index in [1.165, 1.54) is 18.6 Å². The van der Waals surface area contributed by atoms with Gasteiger partial charge in [0, 0.05) is 45.0 Å². The van der Waals surface area contributed by atoms with Gasteiger partial charge >= 0.3 is 0 Å². The third kappa shape index (κ3) is 4.17. The highest BCUT2D eigenvalue weighted by atomic mass is 16.5. The summed E-state index contributed by atoms with van der Waals surface area (Å²) in [5, 5.41) is 0. The molecule has 0 spiro atoms. The minimum atomic E-state index is -0.140. The zero-order chi connectivity index (χ0) is 18.4. The molecule has 26 heavy (non-hydrogen) atoms. The molecule has 1 aliphatic rings. The molecule has 2 aromatic rings. The Morgan fingerprint density at radius 3 is 2.50 bits per heavy atom. The topological polar surface area (TPSA) is 75.6 Å². The van der Waals surface area contributed by atoms with Gasteiger partial charge in [-0.3, -0.25) is 14.6 Å². The number of rotatable bonds is 5. The van der Waals surface area contributed by atoms with Crippen LogP contribution in [-0.4, -0.2) is 64.9 Å². The summed E-state index contributed by atoms with van der Waals surface area (Å²) in [6.45, 7) is 2.10. The number of para-hydroxylation sites is 1. The van der Waals surface area contributed by atoms with Crippen molar-refractivity contribution in [3.63, 3.8) is 0 Å². The van der Waals surface area contributed by atoms with Crippen molar-refractivity contribution in [3.8, 4) is 5.75 Å². The molecule has 0 unspecified atom stereocenters. The predicted molar refractivity (Wildman–Crippen MR) is 95.8 cm³/mol. The first-order valence-corrected chi connectivity index (χ1v) is 8.64. The van der Waals surface area contributed by atoms with Crippen LogP contribution in [-0.2, 0) is 11.2 Å². The number of carbonyl (C=O) groups excluding carboxylic acids is 2. The number of nitrogens with zero attached hydrogens (tertiary/aromatic N) is 4. The number of ether oxygens (including phenoxy) is 1. The maximum absolute atomic E-state index is 12.5. The number of aromatic nitrogens is 2. The quantitative estimate of drug-likeness (QED) is 0.811. The molecule has 3 rings (SSSR count). The number of benzene rings is 1. The minimum absolute atomic E-state index is 0.0995. The van der Waals surface area contributed by atoms with E-state index in [4.69, 9.17) is 4.74 Å². The molecule has 0 aliphatic carbocycles. The Bertz CT molecular complexity index is 758. The molecule has 7 nitrogen and oxygen atoms in total. The van der Waals surface area contributed by atoms with Crippen molar-refractivity contribution >= 4 is 11.8 Å². The highest BCUT2D eigenvalue weighted by Crippen LogP contribution is 2.19. The first-order valence-electron chi connectivity index (χ1n) is 8.64. The van der Waals surface area contributed by atoms with Crippen molar-refractivity contribution in [1.82, 2.24) is 19.8 Å². The van der Waals surface area contributed by atoms with Crippen LogP contribution in [0, 0.1) is 0 Å². The third-order valence-corrected chi connectivity index (χ3v) is 4.50. The Labute approximate surface area is 152 Å². The Morgan fingerprint density at radius 1 is 1.08 bits per heavy atom. The molecule has 1 aliphatic heterocycles. The van der Waals surface area contributed by atoms with E-state index < -0.39 is 0 Å². The Balaban J connectivity index is 1.50. The first-order chi connectivity index (χ1) is 12.7. The van der Waals surface area contributed by atoms with Crippen LogP contribution in [0.15, 0.2) is 42.9 Å². The monoisotopic (exact) mass is 354 g/mol. The van der Waals surface area contributed by atoms with Crippen molar-refractivity contribution in [1.29, 1.82) is 0 Å². The van der Waals surface area contributed by atoms with E-state index >= 15 is 0 Å². The van der Waals surface area contributed by atoms with Gasteiger partial charge in [0.2, 0.25) is 5.91 Å². The Morgan fingerprint density at radius 2 is 1.81 bits per heavy atom. The van der Waals surface area contributed by atoms with Crippen LogP contribution in [0.1, 0.15) is 22.5 Å². The molecule has 1 fully saturated rings. The number of amides is 2. The van der Waals surface area contributed by atoms with Crippen molar-refractivity contribution in [3.05, 3.63) is 54.1 Å². The average molecular weight is 354 g/mol. The van der Waals surface area contributed by atoms with E-state index in [0.717, 1.165) is 11.3 Å². The van der Waals surface area contributed by atoms with Gasteiger partial charge in [-0.25, -0.2) is 4.98 Å². The zero-order valence-corrected chi connectivity index (χ0v) is 14.8. The standard InChI is InChI=1S/C19H22N4O3/c1-26-17-5-3-2-4-15(17)6-7-18(24)22-10-12-23(13-11-22)19(25)16-14-20-8-9-21-16/h2-5,8-9,14H,6-7,10-13H2,1H3. The van der Waals surface area contributed by atoms with E-state index in [-0.39, 0.29) is 11.8 Å². The maximum Gasteiger partial charge on any atom is 0.274 e. The largest absolute Gasteiger partial charge is 0.496 e. The second kappa shape index (κ2) is 8.42. The number of piperazine rings is 1. The van der Waals surface area contributed by atoms with Crippen LogP contribution in [0.25, 0.3) is 0 Å². The van der Waals surface area contributed by atoms with Crippen LogP contribution in [0.4, 0.5) is 0 Å². The lowest BCUT2D eigenvalue weighted by molar-refractivity contribution is -0.132. The summed E-state index contributed by atoms with van der Waals surface area (Å²) in [6, 6.07) is 7.73. The van der Waals surface area contributed by atoms with Crippen molar-refractivity contribution in [2.24, 2.45) is 0 Å². The molecule has 2 amide bonds. The van der Waals surface area contributed by atoms with Crippen LogP contribution in [0.3, 0.4) is 0 Å². The van der Waals surface area contributed by atoms with Crippen LogP contribution < -0.4 is 4.74 Å². The summed E-state index contributed by atoms with van der Waals surface area (Å²) in [7, 11) is 1.63. The van der Waals surface area contributed by atoms with Crippen molar-refractivity contribution in [2.45, 2.75) is 12.8 Å². The zero-order valence-electron chi connectivity index (χ0n) is 14.8. The molecule has 1 aromatic carbocycles. The number of aryl methyl sites for hydroxylation is 1. The molecule has 0 radical (unpaired) electrons. The van der Waals surface area contributed by atoms with Gasteiger partial charge in [0.15, 0.2) is 0 Å². The molecular formula is C19H22N4O3. The summed E-state index contributed by atoms with van der Waals surface area (Å²) >= 11 is 0.